The first kappa shape index (κ1) is 56.9. The Morgan fingerprint density at radius 2 is 1.12 bits per heavy atom. The van der Waals surface area contributed by atoms with E-state index < -0.39 is 0 Å². The molecule has 12 nitrogen and oxygen atoms in total. The summed E-state index contributed by atoms with van der Waals surface area (Å²) in [6.07, 6.45) is 11.4. The number of nitrogens with two attached hydrogens (primary N) is 1. The quantitative estimate of drug-likeness (QED) is 0.106. The molecule has 4 aliphatic rings. The molecule has 0 atom stereocenters. The first-order valence-corrected chi connectivity index (χ1v) is 17.2. The van der Waals surface area contributed by atoms with Gasteiger partial charge < -0.3 is 31.3 Å². The molecule has 0 aromatic rings. The Balaban J connectivity index is -0.000000107. The molecule has 6 N–H and O–H groups in total. The molecule has 0 radical (unpaired) electrons. The predicted octanol–water partition coefficient (Wildman–Crippen LogP) is 7.90. The third kappa shape index (κ3) is 49.5. The van der Waals surface area contributed by atoms with Gasteiger partial charge in [0.2, 0.25) is 12.0 Å². The van der Waals surface area contributed by atoms with E-state index in [1.165, 1.54) is 77.3 Å². The number of hydrogen-bond donors (Lipinski definition) is 5. The maximum Gasteiger partial charge on any atom is 0.234 e. The van der Waals surface area contributed by atoms with Gasteiger partial charge in [-0.05, 0) is 98.8 Å². The largest absolute Gasteiger partial charge is 0.388 e. The molecule has 0 spiro atoms. The molecule has 1 saturated carbocycles. The third-order valence-electron chi connectivity index (χ3n) is 6.24. The highest BCUT2D eigenvalue weighted by Gasteiger charge is 2.22. The SMILES string of the molecule is C.CC.CC.CC(=N)C1CC1.CC(=N)N.CC(=N)N1CCCCC1.CC(=O)N1CCCCC1.CC(C)=N.CC1=NCCN1C.CN=C=O. The fourth-order valence-corrected chi connectivity index (χ4v) is 3.60. The summed E-state index contributed by atoms with van der Waals surface area (Å²) in [6, 6.07) is 0. The molecule has 0 bridgehead atoms. The summed E-state index contributed by atoms with van der Waals surface area (Å²) in [4.78, 5) is 32.9. The number of likely N-dealkylation sites (N-methyl/N-ethyl adjacent to an activating group) is 1. The van der Waals surface area contributed by atoms with Gasteiger partial charge in [-0.25, -0.2) is 9.79 Å². The summed E-state index contributed by atoms with van der Waals surface area (Å²) in [7, 11) is 3.44. The molecule has 3 heterocycles. The highest BCUT2D eigenvalue weighted by atomic mass is 16.2. The second-order valence-corrected chi connectivity index (χ2v) is 11.0. The monoisotopic (exact) mass is 683 g/mol. The summed E-state index contributed by atoms with van der Waals surface area (Å²) in [6.45, 7) is 26.7. The topological polar surface area (TPSA) is 190 Å². The van der Waals surface area contributed by atoms with E-state index in [4.69, 9.17) is 32.2 Å². The van der Waals surface area contributed by atoms with Crippen LogP contribution >= 0.6 is 0 Å². The summed E-state index contributed by atoms with van der Waals surface area (Å²) in [5.41, 5.74) is 6.23. The van der Waals surface area contributed by atoms with Gasteiger partial charge in [0.05, 0.1) is 24.1 Å². The lowest BCUT2D eigenvalue weighted by molar-refractivity contribution is -0.129. The average molecular weight is 683 g/mol. The van der Waals surface area contributed by atoms with E-state index in [2.05, 4.69) is 26.8 Å². The van der Waals surface area contributed by atoms with Gasteiger partial charge in [0.15, 0.2) is 0 Å². The average Bonchev–Trinajstić information content (AvgIpc) is 3.84. The van der Waals surface area contributed by atoms with Crippen LogP contribution in [0, 0.1) is 27.6 Å². The van der Waals surface area contributed by atoms with Crippen molar-refractivity contribution in [1.29, 1.82) is 21.6 Å². The highest BCUT2D eigenvalue weighted by molar-refractivity contribution is 5.83. The minimum Gasteiger partial charge on any atom is -0.388 e. The maximum atomic E-state index is 10.7. The molecular weight excluding hydrogens is 604 g/mol. The van der Waals surface area contributed by atoms with Crippen molar-refractivity contribution < 1.29 is 9.59 Å². The number of carbonyl (C=O) groups is 1. The van der Waals surface area contributed by atoms with Gasteiger partial charge in [0.25, 0.3) is 0 Å². The predicted molar refractivity (Wildman–Crippen MR) is 212 cm³/mol. The van der Waals surface area contributed by atoms with Crippen molar-refractivity contribution in [3.05, 3.63) is 0 Å². The maximum absolute atomic E-state index is 10.7. The number of isocyanates is 1. The Hall–Kier alpha value is -3.40. The van der Waals surface area contributed by atoms with Crippen molar-refractivity contribution in [2.45, 2.75) is 135 Å². The van der Waals surface area contributed by atoms with Crippen LogP contribution in [0.15, 0.2) is 9.98 Å². The van der Waals surface area contributed by atoms with E-state index in [-0.39, 0.29) is 19.2 Å². The molecule has 48 heavy (non-hydrogen) atoms. The summed E-state index contributed by atoms with van der Waals surface area (Å²) < 4.78 is 0. The molecule has 1 amide bonds. The Bertz CT molecular complexity index is 835. The second-order valence-electron chi connectivity index (χ2n) is 11.0. The lowest BCUT2D eigenvalue weighted by atomic mass is 10.1. The van der Waals surface area contributed by atoms with Crippen LogP contribution in [0.3, 0.4) is 0 Å². The number of nitrogens with zero attached hydrogens (tertiary/aromatic N) is 5. The molecule has 0 unspecified atom stereocenters. The number of likely N-dealkylation sites (tertiary alicyclic amines) is 2. The van der Waals surface area contributed by atoms with E-state index >= 15 is 0 Å². The zero-order chi connectivity index (χ0) is 37.8. The van der Waals surface area contributed by atoms with Gasteiger partial charge in [-0.3, -0.25) is 20.6 Å². The zero-order valence-corrected chi connectivity index (χ0v) is 32.6. The molecule has 284 valence electrons. The van der Waals surface area contributed by atoms with E-state index in [9.17, 15) is 4.79 Å². The van der Waals surface area contributed by atoms with Crippen molar-refractivity contribution in [1.82, 2.24) is 14.7 Å². The van der Waals surface area contributed by atoms with Gasteiger partial charge in [0.1, 0.15) is 0 Å². The van der Waals surface area contributed by atoms with Crippen LogP contribution in [-0.2, 0) is 9.59 Å². The van der Waals surface area contributed by atoms with E-state index in [0.717, 1.165) is 50.8 Å². The summed E-state index contributed by atoms with van der Waals surface area (Å²) >= 11 is 0. The third-order valence-corrected chi connectivity index (χ3v) is 6.24. The van der Waals surface area contributed by atoms with Crippen LogP contribution in [-0.4, -0.2) is 109 Å². The number of nitrogens with one attached hydrogen (secondary N) is 4. The number of carbonyl (C=O) groups excluding carboxylic acids is 2. The Morgan fingerprint density at radius 3 is 1.23 bits per heavy atom. The Morgan fingerprint density at radius 1 is 0.792 bits per heavy atom. The number of aliphatic imine (C=N–C) groups is 2. The molecule has 1 aliphatic carbocycles. The van der Waals surface area contributed by atoms with Gasteiger partial charge in [-0.2, -0.15) is 0 Å². The molecular formula is C36H78N10O2. The van der Waals surface area contributed by atoms with E-state index in [1.54, 1.807) is 20.8 Å². The van der Waals surface area contributed by atoms with Crippen LogP contribution in [0.5, 0.6) is 0 Å². The van der Waals surface area contributed by atoms with Gasteiger partial charge in [0, 0.05) is 65.2 Å². The summed E-state index contributed by atoms with van der Waals surface area (Å²) in [5.74, 6) is 2.98. The molecule has 2 saturated heterocycles. The fourth-order valence-electron chi connectivity index (χ4n) is 3.60. The summed E-state index contributed by atoms with van der Waals surface area (Å²) in [5, 5.41) is 27.1. The second kappa shape index (κ2) is 41.6. The van der Waals surface area contributed by atoms with E-state index in [0.29, 0.717) is 11.6 Å². The van der Waals surface area contributed by atoms with Gasteiger partial charge in [-0.1, -0.05) is 35.1 Å². The first-order valence-electron chi connectivity index (χ1n) is 17.2. The molecule has 12 heteroatoms. The highest BCUT2D eigenvalue weighted by Crippen LogP contribution is 2.29. The lowest BCUT2D eigenvalue weighted by Gasteiger charge is -2.27. The van der Waals surface area contributed by atoms with Crippen LogP contribution in [0.1, 0.15) is 135 Å². The van der Waals surface area contributed by atoms with Crippen molar-refractivity contribution in [3.8, 4) is 0 Å². The van der Waals surface area contributed by atoms with Crippen molar-refractivity contribution in [2.24, 2.45) is 21.6 Å². The van der Waals surface area contributed by atoms with Crippen molar-refractivity contribution >= 4 is 40.9 Å². The smallest absolute Gasteiger partial charge is 0.234 e. The standard InChI is InChI=1S/C7H14N2.C7H13NO.C5H10N2.C5H9N.C3H7N.C2H6N2.C2H3NO.2C2H6.CH4/c1-7(8)9-5-3-2-4-6-9;1-7(9)8-5-3-2-4-6-8;1-5-6-3-4-7(5)2;1-4(6)5-2-3-5;1-3(2)4;1-2(3)4;1-3-2-4;2*1-2;/h8H,2-6H2,1H3;2-6H2,1H3;3-4H2,1-2H3;5-6H,2-3H2,1H3;4H,1-2H3;1H3,(H3,3,4);1H3;2*1-2H3;1H4. The Kier molecular flexibility index (Phi) is 49.3. The van der Waals surface area contributed by atoms with Gasteiger partial charge in [-0.15, -0.1) is 0 Å². The number of rotatable bonds is 1. The van der Waals surface area contributed by atoms with Crippen molar-refractivity contribution in [2.75, 3.05) is 53.4 Å². The zero-order valence-electron chi connectivity index (χ0n) is 32.6. The number of amidine groups is 3. The normalized spacial score (nSPS) is 14.7. The van der Waals surface area contributed by atoms with Crippen LogP contribution in [0.4, 0.5) is 0 Å². The number of piperidine rings is 2. The molecule has 4 rings (SSSR count). The lowest BCUT2D eigenvalue weighted by Crippen LogP contribution is -2.33. The first-order chi connectivity index (χ1) is 22.1. The van der Waals surface area contributed by atoms with Crippen molar-refractivity contribution in [3.63, 3.8) is 0 Å². The molecule has 0 aromatic carbocycles. The number of hydrogen-bond acceptors (Lipinski definition) is 9. The molecule has 3 aliphatic heterocycles. The van der Waals surface area contributed by atoms with E-state index in [1.807, 2.05) is 53.4 Å². The van der Waals surface area contributed by atoms with Crippen LogP contribution in [0.2, 0.25) is 0 Å². The fraction of sp³-hybridized carbons (Fsp3) is 0.806. The minimum absolute atomic E-state index is 0. The Labute approximate surface area is 296 Å². The van der Waals surface area contributed by atoms with Crippen LogP contribution < -0.4 is 5.73 Å². The minimum atomic E-state index is 0. The van der Waals surface area contributed by atoms with Crippen LogP contribution in [0.25, 0.3) is 0 Å². The van der Waals surface area contributed by atoms with Gasteiger partial charge >= 0.3 is 0 Å². The molecule has 0 aromatic heterocycles. The number of amides is 1. The molecule has 3 fully saturated rings.